The fourth-order valence-corrected chi connectivity index (χ4v) is 0.697. The first-order valence-corrected chi connectivity index (χ1v) is 5.76. The van der Waals surface area contributed by atoms with Crippen LogP contribution in [-0.2, 0) is 0 Å². The molecule has 0 aromatic heterocycles. The molecule has 0 rings (SSSR count). The zero-order valence-electron chi connectivity index (χ0n) is 11.1. The Morgan fingerprint density at radius 1 is 0.923 bits per heavy atom. The van der Waals surface area contributed by atoms with Gasteiger partial charge in [0.25, 0.3) is 0 Å². The summed E-state index contributed by atoms with van der Waals surface area (Å²) in [5, 5.41) is 7.00. The minimum absolute atomic E-state index is 0.949. The highest BCUT2D eigenvalue weighted by atomic mass is 16.2. The van der Waals surface area contributed by atoms with Crippen LogP contribution in [0.2, 0.25) is 0 Å². The normalized spacial score (nSPS) is 9.00. The predicted molar refractivity (Wildman–Crippen MR) is 65.2 cm³/mol. The molecular weight excluding hydrogens is 160 g/mol. The Morgan fingerprint density at radius 3 is 1.31 bits per heavy atom. The van der Waals surface area contributed by atoms with E-state index in [1.54, 1.807) is 0 Å². The summed E-state index contributed by atoms with van der Waals surface area (Å²) < 4.78 is 0. The maximum atomic E-state index is 7.00. The lowest BCUT2D eigenvalue weighted by Gasteiger charge is -2.02. The fourth-order valence-electron chi connectivity index (χ4n) is 0.697. The fraction of sp³-hybridized carbons (Fsp3) is 1.00. The van der Waals surface area contributed by atoms with Gasteiger partial charge in [0.15, 0.2) is 0 Å². The molecule has 0 amide bonds. The van der Waals surface area contributed by atoms with Gasteiger partial charge in [-0.25, -0.2) is 0 Å². The molecule has 0 spiro atoms. The van der Waals surface area contributed by atoms with Crippen molar-refractivity contribution in [3.63, 3.8) is 0 Å². The van der Waals surface area contributed by atoms with Gasteiger partial charge in [-0.05, 0) is 5.92 Å². The first-order valence-electron chi connectivity index (χ1n) is 5.76. The third-order valence-corrected chi connectivity index (χ3v) is 1.48. The molecule has 1 unspecified atom stereocenters. The van der Waals surface area contributed by atoms with Crippen LogP contribution in [-0.4, -0.2) is 12.2 Å². The van der Waals surface area contributed by atoms with Gasteiger partial charge in [0.05, 0.1) is 0 Å². The van der Waals surface area contributed by atoms with Crippen LogP contribution in [0.4, 0.5) is 0 Å². The zero-order chi connectivity index (χ0) is 11.7. The van der Waals surface area contributed by atoms with Crippen LogP contribution < -0.4 is 0 Å². The molecule has 0 saturated carbocycles. The van der Waals surface area contributed by atoms with Crippen molar-refractivity contribution in [2.24, 2.45) is 5.92 Å². The lowest BCUT2D eigenvalue weighted by Crippen LogP contribution is -1.88. The van der Waals surface area contributed by atoms with E-state index >= 15 is 0 Å². The second kappa shape index (κ2) is 40.4. The highest BCUT2D eigenvalue weighted by molar-refractivity contribution is 4.45. The average molecular weight is 192 g/mol. The molecular formula is C12H32O. The SMILES string of the molecule is CC.CC.CCCC(C)CC.CO. The quantitative estimate of drug-likeness (QED) is 0.698. The summed E-state index contributed by atoms with van der Waals surface area (Å²) in [5.74, 6) is 0.949. The molecule has 0 aromatic rings. The molecule has 0 heterocycles. The molecule has 1 nitrogen and oxygen atoms in total. The molecule has 0 bridgehead atoms. The topological polar surface area (TPSA) is 20.2 Å². The van der Waals surface area contributed by atoms with Gasteiger partial charge in [-0.2, -0.15) is 0 Å². The Bertz CT molecular complexity index is 36.1. The van der Waals surface area contributed by atoms with Crippen LogP contribution in [0.5, 0.6) is 0 Å². The van der Waals surface area contributed by atoms with E-state index in [-0.39, 0.29) is 0 Å². The van der Waals surface area contributed by atoms with Gasteiger partial charge in [-0.1, -0.05) is 67.7 Å². The van der Waals surface area contributed by atoms with E-state index in [1.807, 2.05) is 27.7 Å². The van der Waals surface area contributed by atoms with E-state index in [9.17, 15) is 0 Å². The summed E-state index contributed by atoms with van der Waals surface area (Å²) in [6, 6.07) is 0. The molecule has 0 aromatic carbocycles. The van der Waals surface area contributed by atoms with Gasteiger partial charge in [0, 0.05) is 7.11 Å². The van der Waals surface area contributed by atoms with E-state index < -0.39 is 0 Å². The van der Waals surface area contributed by atoms with Crippen LogP contribution >= 0.6 is 0 Å². The van der Waals surface area contributed by atoms with E-state index in [0.717, 1.165) is 13.0 Å². The minimum atomic E-state index is 0.949. The van der Waals surface area contributed by atoms with Crippen LogP contribution in [0.25, 0.3) is 0 Å². The molecule has 0 aliphatic carbocycles. The Kier molecular flexibility index (Phi) is 71.8. The third-order valence-electron chi connectivity index (χ3n) is 1.48. The van der Waals surface area contributed by atoms with Crippen molar-refractivity contribution in [1.82, 2.24) is 0 Å². The molecule has 0 saturated heterocycles. The van der Waals surface area contributed by atoms with Gasteiger partial charge < -0.3 is 5.11 Å². The van der Waals surface area contributed by atoms with Crippen LogP contribution in [0, 0.1) is 5.92 Å². The van der Waals surface area contributed by atoms with Crippen LogP contribution in [0.1, 0.15) is 67.7 Å². The van der Waals surface area contributed by atoms with Crippen molar-refractivity contribution in [2.75, 3.05) is 7.11 Å². The second-order valence-electron chi connectivity index (χ2n) is 2.30. The van der Waals surface area contributed by atoms with Crippen molar-refractivity contribution in [3.05, 3.63) is 0 Å². The minimum Gasteiger partial charge on any atom is -0.400 e. The molecule has 0 aliphatic rings. The van der Waals surface area contributed by atoms with Gasteiger partial charge in [0.1, 0.15) is 0 Å². The first-order chi connectivity index (χ1) is 6.31. The molecule has 0 radical (unpaired) electrons. The van der Waals surface area contributed by atoms with E-state index in [4.69, 9.17) is 5.11 Å². The highest BCUT2D eigenvalue weighted by Crippen LogP contribution is 2.07. The summed E-state index contributed by atoms with van der Waals surface area (Å²) in [6.07, 6.45) is 4.08. The predicted octanol–water partition coefficient (Wildman–Crippen LogP) is 4.49. The maximum Gasteiger partial charge on any atom is 0.0319 e. The van der Waals surface area contributed by atoms with Crippen molar-refractivity contribution >= 4 is 0 Å². The zero-order valence-corrected chi connectivity index (χ0v) is 11.1. The molecule has 1 atom stereocenters. The lowest BCUT2D eigenvalue weighted by atomic mass is 10.0. The second-order valence-corrected chi connectivity index (χ2v) is 2.30. The molecule has 0 aliphatic heterocycles. The van der Waals surface area contributed by atoms with Crippen molar-refractivity contribution < 1.29 is 5.11 Å². The summed E-state index contributed by atoms with van der Waals surface area (Å²) in [5.41, 5.74) is 0. The smallest absolute Gasteiger partial charge is 0.0319 e. The number of hydrogen-bond donors (Lipinski definition) is 1. The maximum absolute atomic E-state index is 7.00. The summed E-state index contributed by atoms with van der Waals surface area (Å²) >= 11 is 0. The molecule has 13 heavy (non-hydrogen) atoms. The Balaban J connectivity index is -0.0000000573. The largest absolute Gasteiger partial charge is 0.400 e. The Labute approximate surface area is 86.6 Å². The van der Waals surface area contributed by atoms with Crippen molar-refractivity contribution in [2.45, 2.75) is 67.7 Å². The van der Waals surface area contributed by atoms with E-state index in [0.29, 0.717) is 0 Å². The van der Waals surface area contributed by atoms with E-state index in [2.05, 4.69) is 20.8 Å². The highest BCUT2D eigenvalue weighted by Gasteiger charge is 1.92. The average Bonchev–Trinajstić information content (AvgIpc) is 2.27. The molecule has 0 fully saturated rings. The summed E-state index contributed by atoms with van der Waals surface area (Å²) in [4.78, 5) is 0. The van der Waals surface area contributed by atoms with Gasteiger partial charge in [0.2, 0.25) is 0 Å². The molecule has 1 N–H and O–H groups in total. The van der Waals surface area contributed by atoms with Crippen molar-refractivity contribution in [1.29, 1.82) is 0 Å². The van der Waals surface area contributed by atoms with Gasteiger partial charge in [-0.3, -0.25) is 0 Å². The van der Waals surface area contributed by atoms with E-state index in [1.165, 1.54) is 19.3 Å². The van der Waals surface area contributed by atoms with Crippen molar-refractivity contribution in [3.8, 4) is 0 Å². The van der Waals surface area contributed by atoms with Gasteiger partial charge in [-0.15, -0.1) is 0 Å². The summed E-state index contributed by atoms with van der Waals surface area (Å²) in [6.45, 7) is 14.8. The Hall–Kier alpha value is -0.0400. The van der Waals surface area contributed by atoms with Gasteiger partial charge >= 0.3 is 0 Å². The summed E-state index contributed by atoms with van der Waals surface area (Å²) in [7, 11) is 1.00. The molecule has 86 valence electrons. The first kappa shape index (κ1) is 23.1. The monoisotopic (exact) mass is 192 g/mol. The van der Waals surface area contributed by atoms with Crippen LogP contribution in [0.3, 0.4) is 0 Å². The van der Waals surface area contributed by atoms with Crippen LogP contribution in [0.15, 0.2) is 0 Å². The Morgan fingerprint density at radius 2 is 1.23 bits per heavy atom. The number of aliphatic hydroxyl groups excluding tert-OH is 1. The standard InChI is InChI=1S/C7H16.2C2H6.CH4O/c1-4-6-7(3)5-2;3*1-2/h7H,4-6H2,1-3H3;2*1-2H3;2H,1H3. The number of rotatable bonds is 3. The number of aliphatic hydroxyl groups is 1. The number of hydrogen-bond acceptors (Lipinski definition) is 1. The third kappa shape index (κ3) is 48.2. The lowest BCUT2D eigenvalue weighted by molar-refractivity contribution is 0.399. The molecule has 1 heteroatoms.